The van der Waals surface area contributed by atoms with E-state index in [0.717, 1.165) is 31.7 Å². The van der Waals surface area contributed by atoms with E-state index in [-0.39, 0.29) is 17.5 Å². The zero-order valence-corrected chi connectivity index (χ0v) is 11.2. The van der Waals surface area contributed by atoms with E-state index in [4.69, 9.17) is 5.73 Å². The summed E-state index contributed by atoms with van der Waals surface area (Å²) >= 11 is 0. The molecule has 1 aromatic rings. The summed E-state index contributed by atoms with van der Waals surface area (Å²) in [5.41, 5.74) is 5.36. The van der Waals surface area contributed by atoms with E-state index in [1.165, 1.54) is 0 Å². The molecule has 0 bridgehead atoms. The maximum atomic E-state index is 12.0. The van der Waals surface area contributed by atoms with Crippen molar-refractivity contribution in [2.45, 2.75) is 12.8 Å². The summed E-state index contributed by atoms with van der Waals surface area (Å²) in [7, 11) is 0. The number of hydrogen-bond donors (Lipinski definition) is 1. The molecule has 1 radical (unpaired) electrons. The average molecular weight is 273 g/mol. The standard InChI is InChI=1S/C14H17N4O2/c15-13(19)11-2-1-3-12(16-11)17-6-8-18(9-7-17)14(20)10-4-5-10/h1,3,10H,4-9H2,(H2,15,19). The molecule has 6 heteroatoms. The Morgan fingerprint density at radius 3 is 2.55 bits per heavy atom. The number of nitrogens with zero attached hydrogens (tertiary/aromatic N) is 3. The Bertz CT molecular complexity index is 534. The highest BCUT2D eigenvalue weighted by molar-refractivity contribution is 5.90. The number of rotatable bonds is 3. The summed E-state index contributed by atoms with van der Waals surface area (Å²) in [5, 5.41) is 0. The van der Waals surface area contributed by atoms with Gasteiger partial charge in [-0.25, -0.2) is 4.98 Å². The van der Waals surface area contributed by atoms with E-state index in [0.29, 0.717) is 13.1 Å². The van der Waals surface area contributed by atoms with Crippen LogP contribution >= 0.6 is 0 Å². The van der Waals surface area contributed by atoms with E-state index < -0.39 is 5.91 Å². The predicted molar refractivity (Wildman–Crippen MR) is 73.1 cm³/mol. The molecule has 2 N–H and O–H groups in total. The van der Waals surface area contributed by atoms with Crippen LogP contribution in [0.3, 0.4) is 0 Å². The molecule has 20 heavy (non-hydrogen) atoms. The monoisotopic (exact) mass is 273 g/mol. The average Bonchev–Trinajstić information content (AvgIpc) is 3.31. The number of carbonyl (C=O) groups is 2. The number of aromatic nitrogens is 1. The summed E-state index contributed by atoms with van der Waals surface area (Å²) in [6, 6.07) is 6.19. The Kier molecular flexibility index (Phi) is 3.30. The van der Waals surface area contributed by atoms with Gasteiger partial charge in [0.1, 0.15) is 11.5 Å². The van der Waals surface area contributed by atoms with Gasteiger partial charge in [0.05, 0.1) is 0 Å². The van der Waals surface area contributed by atoms with Gasteiger partial charge in [-0.05, 0) is 25.0 Å². The summed E-state index contributed by atoms with van der Waals surface area (Å²) in [5.74, 6) is 0.703. The van der Waals surface area contributed by atoms with Crippen LogP contribution in [0.2, 0.25) is 0 Å². The second kappa shape index (κ2) is 5.11. The molecule has 1 aromatic heterocycles. The Hall–Kier alpha value is -2.11. The van der Waals surface area contributed by atoms with Crippen LogP contribution in [0.4, 0.5) is 5.82 Å². The molecule has 2 amide bonds. The summed E-state index contributed by atoms with van der Waals surface area (Å²) in [6.07, 6.45) is 2.08. The first-order valence-corrected chi connectivity index (χ1v) is 6.87. The number of nitrogens with two attached hydrogens (primary N) is 1. The molecule has 0 unspecified atom stereocenters. The molecule has 1 aliphatic carbocycles. The first kappa shape index (κ1) is 12.9. The molecular weight excluding hydrogens is 256 g/mol. The quantitative estimate of drug-likeness (QED) is 0.843. The van der Waals surface area contributed by atoms with Crippen LogP contribution in [0.15, 0.2) is 12.1 Å². The number of carbonyl (C=O) groups excluding carboxylic acids is 2. The maximum Gasteiger partial charge on any atom is 0.268 e. The largest absolute Gasteiger partial charge is 0.364 e. The summed E-state index contributed by atoms with van der Waals surface area (Å²) in [4.78, 5) is 31.3. The van der Waals surface area contributed by atoms with Crippen LogP contribution < -0.4 is 10.6 Å². The molecule has 3 rings (SSSR count). The maximum absolute atomic E-state index is 12.0. The summed E-state index contributed by atoms with van der Waals surface area (Å²) in [6.45, 7) is 2.88. The van der Waals surface area contributed by atoms with Crippen molar-refractivity contribution in [3.8, 4) is 0 Å². The minimum Gasteiger partial charge on any atom is -0.364 e. The molecule has 0 spiro atoms. The Balaban J connectivity index is 1.64. The fourth-order valence-corrected chi connectivity index (χ4v) is 2.43. The van der Waals surface area contributed by atoms with Crippen LogP contribution in [0.25, 0.3) is 0 Å². The van der Waals surface area contributed by atoms with Crippen molar-refractivity contribution in [2.24, 2.45) is 11.7 Å². The third kappa shape index (κ3) is 2.59. The lowest BCUT2D eigenvalue weighted by molar-refractivity contribution is -0.132. The van der Waals surface area contributed by atoms with Gasteiger partial charge >= 0.3 is 0 Å². The predicted octanol–water partition coefficient (Wildman–Crippen LogP) is 0.0393. The van der Waals surface area contributed by atoms with E-state index in [1.54, 1.807) is 6.07 Å². The lowest BCUT2D eigenvalue weighted by atomic mass is 10.2. The Morgan fingerprint density at radius 1 is 1.25 bits per heavy atom. The number of anilines is 1. The molecule has 0 aromatic carbocycles. The van der Waals surface area contributed by atoms with Crippen molar-refractivity contribution in [3.63, 3.8) is 0 Å². The smallest absolute Gasteiger partial charge is 0.268 e. The zero-order valence-electron chi connectivity index (χ0n) is 11.2. The number of pyridine rings is 1. The van der Waals surface area contributed by atoms with Gasteiger partial charge in [-0.3, -0.25) is 9.59 Å². The van der Waals surface area contributed by atoms with Gasteiger partial charge in [-0.1, -0.05) is 0 Å². The molecule has 6 nitrogen and oxygen atoms in total. The van der Waals surface area contributed by atoms with Crippen LogP contribution in [0.1, 0.15) is 23.3 Å². The van der Waals surface area contributed by atoms with Crippen molar-refractivity contribution < 1.29 is 9.59 Å². The fraction of sp³-hybridized carbons (Fsp3) is 0.500. The molecule has 2 aliphatic rings. The van der Waals surface area contributed by atoms with E-state index in [9.17, 15) is 9.59 Å². The van der Waals surface area contributed by atoms with E-state index >= 15 is 0 Å². The van der Waals surface area contributed by atoms with Crippen molar-refractivity contribution in [3.05, 3.63) is 23.9 Å². The fourth-order valence-electron chi connectivity index (χ4n) is 2.43. The second-order valence-electron chi connectivity index (χ2n) is 5.25. The van der Waals surface area contributed by atoms with Crippen LogP contribution in [-0.4, -0.2) is 47.9 Å². The third-order valence-electron chi connectivity index (χ3n) is 3.75. The van der Waals surface area contributed by atoms with Crippen molar-refractivity contribution in [1.29, 1.82) is 0 Å². The molecule has 1 saturated carbocycles. The molecular formula is C14H17N4O2. The molecule has 1 aliphatic heterocycles. The number of amides is 2. The van der Waals surface area contributed by atoms with Gasteiger partial charge in [-0.2, -0.15) is 0 Å². The van der Waals surface area contributed by atoms with Crippen LogP contribution in [0, 0.1) is 12.0 Å². The van der Waals surface area contributed by atoms with Crippen molar-refractivity contribution >= 4 is 17.6 Å². The number of piperazine rings is 1. The Labute approximate surface area is 117 Å². The van der Waals surface area contributed by atoms with Gasteiger partial charge in [0.15, 0.2) is 0 Å². The van der Waals surface area contributed by atoms with Crippen LogP contribution in [0.5, 0.6) is 0 Å². The Morgan fingerprint density at radius 2 is 1.95 bits per heavy atom. The van der Waals surface area contributed by atoms with Crippen molar-refractivity contribution in [2.75, 3.05) is 31.1 Å². The van der Waals surface area contributed by atoms with Crippen molar-refractivity contribution in [1.82, 2.24) is 9.88 Å². The minimum atomic E-state index is -0.575. The number of primary amides is 1. The zero-order chi connectivity index (χ0) is 14.1. The van der Waals surface area contributed by atoms with E-state index in [2.05, 4.69) is 16.0 Å². The van der Waals surface area contributed by atoms with Gasteiger partial charge in [0, 0.05) is 38.2 Å². The highest BCUT2D eigenvalue weighted by Crippen LogP contribution is 2.31. The topological polar surface area (TPSA) is 79.5 Å². The lowest BCUT2D eigenvalue weighted by Crippen LogP contribution is -2.49. The molecule has 2 heterocycles. The van der Waals surface area contributed by atoms with Gasteiger partial charge in [0.25, 0.3) is 5.91 Å². The first-order valence-electron chi connectivity index (χ1n) is 6.87. The summed E-state index contributed by atoms with van der Waals surface area (Å²) < 4.78 is 0. The van der Waals surface area contributed by atoms with E-state index in [1.807, 2.05) is 11.0 Å². The lowest BCUT2D eigenvalue weighted by Gasteiger charge is -2.35. The third-order valence-corrected chi connectivity index (χ3v) is 3.75. The SMILES string of the molecule is NC(=O)c1[c]ccc(N2CCN(C(=O)C3CC3)CC2)n1. The number of hydrogen-bond acceptors (Lipinski definition) is 4. The molecule has 1 saturated heterocycles. The minimum absolute atomic E-state index is 0.152. The highest BCUT2D eigenvalue weighted by atomic mass is 16.2. The van der Waals surface area contributed by atoms with Crippen LogP contribution in [-0.2, 0) is 4.79 Å². The molecule has 2 fully saturated rings. The highest BCUT2D eigenvalue weighted by Gasteiger charge is 2.34. The van der Waals surface area contributed by atoms with Gasteiger partial charge in [0.2, 0.25) is 5.91 Å². The molecule has 105 valence electrons. The first-order chi connectivity index (χ1) is 9.65. The normalized spacial score (nSPS) is 19.0. The van der Waals surface area contributed by atoms with Gasteiger partial charge in [-0.15, -0.1) is 0 Å². The second-order valence-corrected chi connectivity index (χ2v) is 5.25. The van der Waals surface area contributed by atoms with Gasteiger partial charge < -0.3 is 15.5 Å². The molecule has 0 atom stereocenters.